The van der Waals surface area contributed by atoms with Gasteiger partial charge in [0.1, 0.15) is 0 Å². The molecule has 3 N–H and O–H groups in total. The lowest BCUT2D eigenvalue weighted by molar-refractivity contribution is 0.0151. The summed E-state index contributed by atoms with van der Waals surface area (Å²) in [4.78, 5) is 17.2. The highest BCUT2D eigenvalue weighted by Crippen LogP contribution is 2.24. The van der Waals surface area contributed by atoms with Crippen molar-refractivity contribution in [1.82, 2.24) is 15.6 Å². The predicted octanol–water partition coefficient (Wildman–Crippen LogP) is 2.34. The molecule has 1 unspecified atom stereocenters. The quantitative estimate of drug-likeness (QED) is 0.723. The molecular weight excluding hydrogens is 286 g/mol. The lowest BCUT2D eigenvalue weighted by Crippen LogP contribution is -2.46. The number of carbonyl (C=O) groups excluding carboxylic acids is 1. The zero-order valence-corrected chi connectivity index (χ0v) is 14.4. The van der Waals surface area contributed by atoms with Crippen molar-refractivity contribution in [3.05, 3.63) is 16.1 Å². The highest BCUT2D eigenvalue weighted by Gasteiger charge is 2.30. The van der Waals surface area contributed by atoms with Crippen LogP contribution in [0.15, 0.2) is 6.20 Å². The maximum absolute atomic E-state index is 11.8. The first kappa shape index (κ1) is 17.9. The summed E-state index contributed by atoms with van der Waals surface area (Å²) in [7, 11) is 0. The van der Waals surface area contributed by atoms with Gasteiger partial charge < -0.3 is 15.7 Å². The van der Waals surface area contributed by atoms with Gasteiger partial charge in [0.25, 0.3) is 0 Å². The van der Waals surface area contributed by atoms with Crippen molar-refractivity contribution < 1.29 is 9.90 Å². The molecular formula is C15H27N3O2S. The van der Waals surface area contributed by atoms with E-state index < -0.39 is 6.10 Å². The Morgan fingerprint density at radius 3 is 2.62 bits per heavy atom. The second-order valence-corrected chi connectivity index (χ2v) is 7.72. The van der Waals surface area contributed by atoms with Gasteiger partial charge in [-0.3, -0.25) is 0 Å². The monoisotopic (exact) mass is 313 g/mol. The van der Waals surface area contributed by atoms with Gasteiger partial charge in [-0.15, -0.1) is 11.3 Å². The smallest absolute Gasteiger partial charge is 0.314 e. The molecule has 1 aromatic rings. The molecule has 21 heavy (non-hydrogen) atoms. The standard InChI is InChI=1S/C15H27N3O2S/c1-10(2)13(19)15(4,5)9-18-14(20)16-7-6-12-17-8-11(3)21-12/h8,10,13,19H,6-7,9H2,1-5H3,(H2,16,18,20). The van der Waals surface area contributed by atoms with Crippen LogP contribution in [-0.2, 0) is 6.42 Å². The van der Waals surface area contributed by atoms with Crippen LogP contribution in [0.2, 0.25) is 0 Å². The molecule has 5 nitrogen and oxygen atoms in total. The molecule has 1 atom stereocenters. The first-order valence-electron chi connectivity index (χ1n) is 7.33. The normalized spacial score (nSPS) is 13.3. The van der Waals surface area contributed by atoms with Crippen molar-refractivity contribution in [1.29, 1.82) is 0 Å². The lowest BCUT2D eigenvalue weighted by Gasteiger charge is -2.33. The van der Waals surface area contributed by atoms with Gasteiger partial charge in [-0.25, -0.2) is 9.78 Å². The summed E-state index contributed by atoms with van der Waals surface area (Å²) in [5, 5.41) is 16.8. The number of hydrogen-bond acceptors (Lipinski definition) is 4. The van der Waals surface area contributed by atoms with Crippen LogP contribution < -0.4 is 10.6 Å². The van der Waals surface area contributed by atoms with E-state index >= 15 is 0 Å². The highest BCUT2D eigenvalue weighted by atomic mass is 32.1. The Kier molecular flexibility index (Phi) is 6.61. The molecule has 0 radical (unpaired) electrons. The average molecular weight is 313 g/mol. The summed E-state index contributed by atoms with van der Waals surface area (Å²) in [5.41, 5.74) is -0.349. The summed E-state index contributed by atoms with van der Waals surface area (Å²) < 4.78 is 0. The molecule has 0 bridgehead atoms. The second kappa shape index (κ2) is 7.75. The minimum Gasteiger partial charge on any atom is -0.392 e. The van der Waals surface area contributed by atoms with Gasteiger partial charge >= 0.3 is 6.03 Å². The Morgan fingerprint density at radius 2 is 2.10 bits per heavy atom. The summed E-state index contributed by atoms with van der Waals surface area (Å²) in [5.74, 6) is 0.165. The molecule has 0 aliphatic rings. The van der Waals surface area contributed by atoms with E-state index in [9.17, 15) is 9.90 Å². The van der Waals surface area contributed by atoms with Gasteiger partial charge in [0, 0.05) is 36.0 Å². The fraction of sp³-hybridized carbons (Fsp3) is 0.733. The summed E-state index contributed by atoms with van der Waals surface area (Å²) in [6, 6.07) is -0.202. The number of aliphatic hydroxyl groups is 1. The van der Waals surface area contributed by atoms with E-state index in [1.54, 1.807) is 11.3 Å². The predicted molar refractivity (Wildman–Crippen MR) is 86.6 cm³/mol. The Labute approximate surface area is 131 Å². The average Bonchev–Trinajstić information content (AvgIpc) is 2.81. The van der Waals surface area contributed by atoms with Crippen LogP contribution in [-0.4, -0.2) is 35.3 Å². The number of carbonyl (C=O) groups is 1. The van der Waals surface area contributed by atoms with Crippen molar-refractivity contribution >= 4 is 17.4 Å². The zero-order chi connectivity index (χ0) is 16.0. The van der Waals surface area contributed by atoms with E-state index in [2.05, 4.69) is 15.6 Å². The SMILES string of the molecule is Cc1cnc(CCNC(=O)NCC(C)(C)C(O)C(C)C)s1. The Morgan fingerprint density at radius 1 is 1.43 bits per heavy atom. The van der Waals surface area contributed by atoms with Gasteiger partial charge in [0.05, 0.1) is 11.1 Å². The van der Waals surface area contributed by atoms with Crippen molar-refractivity contribution in [2.45, 2.75) is 47.1 Å². The van der Waals surface area contributed by atoms with Crippen molar-refractivity contribution in [2.75, 3.05) is 13.1 Å². The molecule has 0 fully saturated rings. The maximum atomic E-state index is 11.8. The molecule has 120 valence electrons. The van der Waals surface area contributed by atoms with E-state index in [-0.39, 0.29) is 17.4 Å². The number of aryl methyl sites for hydroxylation is 1. The number of thiazole rings is 1. The molecule has 0 spiro atoms. The van der Waals surface area contributed by atoms with Crippen LogP contribution in [0.25, 0.3) is 0 Å². The van der Waals surface area contributed by atoms with E-state index in [0.717, 1.165) is 11.4 Å². The van der Waals surface area contributed by atoms with Gasteiger partial charge in [0.15, 0.2) is 0 Å². The number of rotatable bonds is 7. The van der Waals surface area contributed by atoms with Crippen molar-refractivity contribution in [2.24, 2.45) is 11.3 Å². The highest BCUT2D eigenvalue weighted by molar-refractivity contribution is 7.11. The molecule has 0 aliphatic heterocycles. The molecule has 1 rings (SSSR count). The molecule has 1 aromatic heterocycles. The summed E-state index contributed by atoms with van der Waals surface area (Å²) >= 11 is 1.65. The molecule has 0 aliphatic carbocycles. The maximum Gasteiger partial charge on any atom is 0.314 e. The van der Waals surface area contributed by atoms with Crippen molar-refractivity contribution in [3.63, 3.8) is 0 Å². The largest absolute Gasteiger partial charge is 0.392 e. The number of hydrogen-bond donors (Lipinski definition) is 3. The number of aromatic nitrogens is 1. The van der Waals surface area contributed by atoms with Crippen molar-refractivity contribution in [3.8, 4) is 0 Å². The van der Waals surface area contributed by atoms with Crippen LogP contribution in [0.5, 0.6) is 0 Å². The van der Waals surface area contributed by atoms with Gasteiger partial charge in [0.2, 0.25) is 0 Å². The lowest BCUT2D eigenvalue weighted by atomic mass is 9.81. The third kappa shape index (κ3) is 6.01. The Balaban J connectivity index is 2.27. The molecule has 1 heterocycles. The number of nitrogens with one attached hydrogen (secondary N) is 2. The summed E-state index contributed by atoms with van der Waals surface area (Å²) in [6.07, 6.45) is 2.14. The summed E-state index contributed by atoms with van der Waals surface area (Å²) in [6.45, 7) is 10.9. The fourth-order valence-corrected chi connectivity index (χ4v) is 2.96. The minimum absolute atomic E-state index is 0.165. The van der Waals surface area contributed by atoms with Crippen LogP contribution >= 0.6 is 11.3 Å². The van der Waals surface area contributed by atoms with Gasteiger partial charge in [-0.1, -0.05) is 27.7 Å². The van der Waals surface area contributed by atoms with Crippen LogP contribution in [0.4, 0.5) is 4.79 Å². The first-order chi connectivity index (χ1) is 9.72. The minimum atomic E-state index is -0.448. The van der Waals surface area contributed by atoms with Crippen LogP contribution in [0.1, 0.15) is 37.6 Å². The van der Waals surface area contributed by atoms with E-state index in [4.69, 9.17) is 0 Å². The van der Waals surface area contributed by atoms with Crippen LogP contribution in [0.3, 0.4) is 0 Å². The third-order valence-electron chi connectivity index (χ3n) is 3.43. The fourth-order valence-electron chi connectivity index (χ4n) is 2.18. The Bertz CT molecular complexity index is 458. The number of urea groups is 1. The Hall–Kier alpha value is -1.14. The molecule has 6 heteroatoms. The molecule has 2 amide bonds. The van der Waals surface area contributed by atoms with Gasteiger partial charge in [-0.05, 0) is 12.8 Å². The molecule has 0 aromatic carbocycles. The molecule has 0 saturated heterocycles. The van der Waals surface area contributed by atoms with E-state index in [1.807, 2.05) is 40.8 Å². The third-order valence-corrected chi connectivity index (χ3v) is 4.40. The van der Waals surface area contributed by atoms with Crippen LogP contribution in [0, 0.1) is 18.3 Å². The number of amides is 2. The number of nitrogens with zero attached hydrogens (tertiary/aromatic N) is 1. The number of aliphatic hydroxyl groups excluding tert-OH is 1. The molecule has 0 saturated carbocycles. The topological polar surface area (TPSA) is 74.2 Å². The van der Waals surface area contributed by atoms with Gasteiger partial charge in [-0.2, -0.15) is 0 Å². The van der Waals surface area contributed by atoms with E-state index in [1.165, 1.54) is 4.88 Å². The second-order valence-electron chi connectivity index (χ2n) is 6.40. The first-order valence-corrected chi connectivity index (χ1v) is 8.15. The zero-order valence-electron chi connectivity index (χ0n) is 13.6. The van der Waals surface area contributed by atoms with E-state index in [0.29, 0.717) is 13.1 Å².